The summed E-state index contributed by atoms with van der Waals surface area (Å²) in [6, 6.07) is 35.7. The number of carbonyl (C=O) groups is 2. The summed E-state index contributed by atoms with van der Waals surface area (Å²) in [5.41, 5.74) is 1.62. The molecule has 4 aromatic rings. The molecule has 2 N–H and O–H groups in total. The third kappa shape index (κ3) is 6.35. The summed E-state index contributed by atoms with van der Waals surface area (Å²) < 4.78 is 20.8. The van der Waals surface area contributed by atoms with Gasteiger partial charge in [0.2, 0.25) is 0 Å². The lowest BCUT2D eigenvalue weighted by Crippen LogP contribution is -2.36. The van der Waals surface area contributed by atoms with Crippen molar-refractivity contribution in [3.05, 3.63) is 144 Å². The van der Waals surface area contributed by atoms with Gasteiger partial charge in [0.25, 0.3) is 19.2 Å². The van der Waals surface area contributed by atoms with E-state index < -0.39 is 19.2 Å². The molecule has 7 heteroatoms. The Bertz CT molecular complexity index is 1440. The lowest BCUT2D eigenvalue weighted by atomic mass is 10.1. The molecule has 0 heterocycles. The molecule has 2 amide bonds. The second-order valence-electron chi connectivity index (χ2n) is 8.38. The van der Waals surface area contributed by atoms with Crippen molar-refractivity contribution in [2.24, 2.45) is 0 Å². The highest BCUT2D eigenvalue weighted by Gasteiger charge is 2.37. The van der Waals surface area contributed by atoms with E-state index in [9.17, 15) is 14.2 Å². The highest BCUT2D eigenvalue weighted by molar-refractivity contribution is 7.77. The van der Waals surface area contributed by atoms with Crippen LogP contribution in [0.3, 0.4) is 0 Å². The normalized spacial score (nSPS) is 13.1. The maximum atomic E-state index is 14.8. The molecule has 0 radical (unpaired) electrons. The van der Waals surface area contributed by atoms with Crippen LogP contribution in [0.4, 0.5) is 0 Å². The predicted octanol–water partition coefficient (Wildman–Crippen LogP) is 5.74. The minimum Gasteiger partial charge on any atom is -0.347 e. The zero-order chi connectivity index (χ0) is 26.8. The largest absolute Gasteiger partial charge is 0.347 e. The molecule has 0 aromatic heterocycles. The zero-order valence-electron chi connectivity index (χ0n) is 21.0. The first kappa shape index (κ1) is 26.8. The molecule has 0 aliphatic rings. The highest BCUT2D eigenvalue weighted by atomic mass is 31.2. The maximum absolute atomic E-state index is 14.8. The summed E-state index contributed by atoms with van der Waals surface area (Å²) in [6.07, 6.45) is 0. The van der Waals surface area contributed by atoms with Gasteiger partial charge < -0.3 is 15.2 Å². The Labute approximate surface area is 222 Å². The van der Waals surface area contributed by atoms with Gasteiger partial charge in [-0.2, -0.15) is 0 Å². The SMILES string of the molecule is CCO[P@@](=O)(/C(=C(\NC(=O)c1ccccc1)C(=O)NCc1ccccc1)c1ccccc1)c1ccccc1. The van der Waals surface area contributed by atoms with E-state index in [1.165, 1.54) is 0 Å². The van der Waals surface area contributed by atoms with Gasteiger partial charge in [-0.3, -0.25) is 14.2 Å². The second-order valence-corrected chi connectivity index (χ2v) is 10.7. The Hall–Kier alpha value is -4.25. The number of carbonyl (C=O) groups excluding carboxylic acids is 2. The van der Waals surface area contributed by atoms with Crippen LogP contribution in [0.5, 0.6) is 0 Å². The smallest absolute Gasteiger partial charge is 0.268 e. The van der Waals surface area contributed by atoms with E-state index in [1.54, 1.807) is 85.8 Å². The third-order valence-corrected chi connectivity index (χ3v) is 8.45. The van der Waals surface area contributed by atoms with Crippen molar-refractivity contribution in [1.82, 2.24) is 10.6 Å². The fraction of sp³-hybridized carbons (Fsp3) is 0.0968. The van der Waals surface area contributed by atoms with Gasteiger partial charge in [-0.15, -0.1) is 0 Å². The average molecular weight is 525 g/mol. The van der Waals surface area contributed by atoms with Gasteiger partial charge in [-0.1, -0.05) is 97.1 Å². The van der Waals surface area contributed by atoms with Crippen LogP contribution in [0.25, 0.3) is 5.31 Å². The molecule has 4 aromatic carbocycles. The molecule has 0 saturated carbocycles. The second kappa shape index (κ2) is 12.8. The molecule has 4 rings (SSSR count). The van der Waals surface area contributed by atoms with Crippen LogP contribution in [-0.4, -0.2) is 18.4 Å². The zero-order valence-corrected chi connectivity index (χ0v) is 21.9. The number of benzene rings is 4. The van der Waals surface area contributed by atoms with E-state index in [1.807, 2.05) is 42.5 Å². The molecule has 0 aliphatic heterocycles. The Balaban J connectivity index is 1.91. The van der Waals surface area contributed by atoms with Gasteiger partial charge >= 0.3 is 0 Å². The molecule has 0 aliphatic carbocycles. The van der Waals surface area contributed by atoms with E-state index in [4.69, 9.17) is 4.52 Å². The number of rotatable bonds is 10. The first-order chi connectivity index (χ1) is 18.5. The topological polar surface area (TPSA) is 84.5 Å². The summed E-state index contributed by atoms with van der Waals surface area (Å²) in [5, 5.41) is 6.21. The standard InChI is InChI=1S/C31H29N2O4P/c1-2-37-38(36,27-21-13-6-14-22-27)29(25-17-9-4-10-18-25)28(33-30(34)26-19-11-5-12-20-26)31(35)32-23-24-15-7-3-8-16-24/h3-22H,2,23H2,1H3,(H,32,35)(H,33,34)/b29-28-/t38-/m1/s1. The van der Waals surface area contributed by atoms with E-state index in [0.717, 1.165) is 5.56 Å². The first-order valence-electron chi connectivity index (χ1n) is 12.3. The van der Waals surface area contributed by atoms with Gasteiger partial charge in [0, 0.05) is 17.4 Å². The predicted molar refractivity (Wildman–Crippen MR) is 151 cm³/mol. The Morgan fingerprint density at radius 2 is 1.21 bits per heavy atom. The van der Waals surface area contributed by atoms with Crippen LogP contribution in [0, 0.1) is 0 Å². The number of amides is 2. The summed E-state index contributed by atoms with van der Waals surface area (Å²) >= 11 is 0. The van der Waals surface area contributed by atoms with Crippen molar-refractivity contribution in [2.75, 3.05) is 6.61 Å². The minimum absolute atomic E-state index is 0.123. The maximum Gasteiger partial charge on any atom is 0.268 e. The molecule has 0 spiro atoms. The molecule has 1 atom stereocenters. The van der Waals surface area contributed by atoms with Crippen LogP contribution < -0.4 is 15.9 Å². The van der Waals surface area contributed by atoms with Crippen LogP contribution in [0.2, 0.25) is 0 Å². The van der Waals surface area contributed by atoms with Crippen molar-refractivity contribution >= 4 is 29.8 Å². The molecule has 6 nitrogen and oxygen atoms in total. The van der Waals surface area contributed by atoms with E-state index in [0.29, 0.717) is 16.4 Å². The molecule has 0 unspecified atom stereocenters. The number of nitrogens with one attached hydrogen (secondary N) is 2. The first-order valence-corrected chi connectivity index (χ1v) is 13.9. The monoisotopic (exact) mass is 524 g/mol. The molecule has 0 bridgehead atoms. The van der Waals surface area contributed by atoms with Gasteiger partial charge in [0.15, 0.2) is 0 Å². The molecule has 0 fully saturated rings. The Kier molecular flexibility index (Phi) is 9.04. The molecule has 192 valence electrons. The van der Waals surface area contributed by atoms with Crippen molar-refractivity contribution < 1.29 is 18.7 Å². The van der Waals surface area contributed by atoms with Gasteiger partial charge in [0.1, 0.15) is 5.70 Å². The van der Waals surface area contributed by atoms with E-state index in [2.05, 4.69) is 10.6 Å². The average Bonchev–Trinajstić information content (AvgIpc) is 2.97. The van der Waals surface area contributed by atoms with Crippen molar-refractivity contribution in [3.63, 3.8) is 0 Å². The number of hydrogen-bond acceptors (Lipinski definition) is 4. The van der Waals surface area contributed by atoms with Crippen molar-refractivity contribution in [1.29, 1.82) is 0 Å². The van der Waals surface area contributed by atoms with Crippen LogP contribution in [0.1, 0.15) is 28.4 Å². The quantitative estimate of drug-likeness (QED) is 0.205. The lowest BCUT2D eigenvalue weighted by molar-refractivity contribution is -0.117. The van der Waals surface area contributed by atoms with E-state index in [-0.39, 0.29) is 24.2 Å². The van der Waals surface area contributed by atoms with Gasteiger partial charge in [-0.25, -0.2) is 0 Å². The fourth-order valence-corrected chi connectivity index (χ4v) is 6.40. The van der Waals surface area contributed by atoms with Gasteiger partial charge in [0.05, 0.1) is 11.9 Å². The van der Waals surface area contributed by atoms with Crippen LogP contribution in [-0.2, 0) is 20.4 Å². The van der Waals surface area contributed by atoms with Crippen molar-refractivity contribution in [2.45, 2.75) is 13.5 Å². The molecular weight excluding hydrogens is 495 g/mol. The Morgan fingerprint density at radius 3 is 1.76 bits per heavy atom. The molecule has 0 saturated heterocycles. The third-order valence-electron chi connectivity index (χ3n) is 5.78. The summed E-state index contributed by atoms with van der Waals surface area (Å²) in [6.45, 7) is 2.10. The van der Waals surface area contributed by atoms with Crippen LogP contribution in [0.15, 0.2) is 127 Å². The number of hydrogen-bond donors (Lipinski definition) is 2. The summed E-state index contributed by atoms with van der Waals surface area (Å²) in [5.74, 6) is -1.08. The summed E-state index contributed by atoms with van der Waals surface area (Å²) in [4.78, 5) is 27.2. The molecular formula is C31H29N2O4P. The summed E-state index contributed by atoms with van der Waals surface area (Å²) in [7, 11) is -3.85. The fourth-order valence-electron chi connectivity index (χ4n) is 4.00. The van der Waals surface area contributed by atoms with E-state index >= 15 is 0 Å². The van der Waals surface area contributed by atoms with Crippen LogP contribution >= 0.6 is 7.37 Å². The van der Waals surface area contributed by atoms with Crippen molar-refractivity contribution in [3.8, 4) is 0 Å². The Morgan fingerprint density at radius 1 is 0.711 bits per heavy atom. The molecule has 38 heavy (non-hydrogen) atoms. The lowest BCUT2D eigenvalue weighted by Gasteiger charge is -2.25. The van der Waals surface area contributed by atoms with Gasteiger partial charge in [-0.05, 0) is 42.3 Å². The minimum atomic E-state index is -3.85. The highest BCUT2D eigenvalue weighted by Crippen LogP contribution is 2.59.